The summed E-state index contributed by atoms with van der Waals surface area (Å²) in [7, 11) is 0. The van der Waals surface area contributed by atoms with E-state index in [0.717, 1.165) is 18.4 Å². The molecule has 2 aliphatic rings. The maximum Gasteiger partial charge on any atom is 0.305 e. The van der Waals surface area contributed by atoms with Crippen molar-refractivity contribution in [2.75, 3.05) is 6.61 Å². The molecule has 0 bridgehead atoms. The minimum atomic E-state index is -0.513. The first-order valence-corrected chi connectivity index (χ1v) is 6.64. The van der Waals surface area contributed by atoms with Gasteiger partial charge >= 0.3 is 11.9 Å². The van der Waals surface area contributed by atoms with E-state index in [1.807, 2.05) is 0 Å². The molecule has 4 unspecified atom stereocenters. The van der Waals surface area contributed by atoms with Crippen LogP contribution in [0.3, 0.4) is 0 Å². The summed E-state index contributed by atoms with van der Waals surface area (Å²) >= 11 is 0. The highest BCUT2D eigenvalue weighted by Crippen LogP contribution is 2.46. The van der Waals surface area contributed by atoms with Crippen LogP contribution in [0.15, 0.2) is 11.8 Å². The Morgan fingerprint density at radius 2 is 2.05 bits per heavy atom. The Bertz CT molecular complexity index is 401. The van der Waals surface area contributed by atoms with E-state index in [0.29, 0.717) is 5.92 Å². The van der Waals surface area contributed by atoms with E-state index in [1.54, 1.807) is 6.26 Å². The molecule has 5 heteroatoms. The van der Waals surface area contributed by atoms with Crippen LogP contribution >= 0.6 is 0 Å². The Kier molecular flexibility index (Phi) is 4.12. The molecule has 106 valence electrons. The molecule has 0 radical (unpaired) electrons. The second kappa shape index (κ2) is 5.63. The Hall–Kier alpha value is -1.52. The molecule has 2 rings (SSSR count). The van der Waals surface area contributed by atoms with Crippen LogP contribution in [-0.4, -0.2) is 24.8 Å². The fraction of sp³-hybridized carbons (Fsp3) is 0.714. The van der Waals surface area contributed by atoms with Gasteiger partial charge in [-0.3, -0.25) is 9.59 Å². The first kappa shape index (κ1) is 13.9. The highest BCUT2D eigenvalue weighted by atomic mass is 16.7. The van der Waals surface area contributed by atoms with Crippen LogP contribution in [0.1, 0.15) is 33.6 Å². The zero-order valence-corrected chi connectivity index (χ0v) is 11.5. The third kappa shape index (κ3) is 3.08. The van der Waals surface area contributed by atoms with Crippen molar-refractivity contribution in [3.05, 3.63) is 11.8 Å². The number of carbonyl (C=O) groups is 2. The van der Waals surface area contributed by atoms with Crippen molar-refractivity contribution in [2.45, 2.75) is 39.9 Å². The lowest BCUT2D eigenvalue weighted by Gasteiger charge is -2.35. The maximum atomic E-state index is 11.1. The molecule has 5 nitrogen and oxygen atoms in total. The molecule has 0 aromatic rings. The number of rotatable bonds is 3. The molecule has 1 saturated carbocycles. The van der Waals surface area contributed by atoms with Gasteiger partial charge in [0.25, 0.3) is 0 Å². The summed E-state index contributed by atoms with van der Waals surface area (Å²) in [4.78, 5) is 22.0. The highest BCUT2D eigenvalue weighted by molar-refractivity contribution is 5.66. The second-order valence-electron chi connectivity index (χ2n) is 5.33. The summed E-state index contributed by atoms with van der Waals surface area (Å²) < 4.78 is 15.8. The molecule has 0 N–H and O–H groups in total. The van der Waals surface area contributed by atoms with Gasteiger partial charge in [0, 0.05) is 25.3 Å². The second-order valence-corrected chi connectivity index (χ2v) is 5.33. The first-order valence-electron chi connectivity index (χ1n) is 6.64. The number of ether oxygens (including phenoxy) is 3. The molecule has 0 aromatic heterocycles. The molecular weight excluding hydrogens is 248 g/mol. The molecule has 0 spiro atoms. The van der Waals surface area contributed by atoms with E-state index in [1.165, 1.54) is 13.8 Å². The molecule has 4 atom stereocenters. The summed E-state index contributed by atoms with van der Waals surface area (Å²) in [5.74, 6) is 0.215. The van der Waals surface area contributed by atoms with Gasteiger partial charge in [0.2, 0.25) is 6.29 Å². The van der Waals surface area contributed by atoms with E-state index in [9.17, 15) is 9.59 Å². The molecule has 1 aliphatic carbocycles. The largest absolute Gasteiger partial charge is 0.462 e. The molecule has 1 fully saturated rings. The van der Waals surface area contributed by atoms with E-state index < -0.39 is 6.29 Å². The van der Waals surface area contributed by atoms with Gasteiger partial charge in [0.15, 0.2) is 0 Å². The first-order chi connectivity index (χ1) is 8.99. The van der Waals surface area contributed by atoms with E-state index in [-0.39, 0.29) is 30.4 Å². The van der Waals surface area contributed by atoms with E-state index >= 15 is 0 Å². The summed E-state index contributed by atoms with van der Waals surface area (Å²) in [6.07, 6.45) is 3.16. The summed E-state index contributed by atoms with van der Waals surface area (Å²) in [5, 5.41) is 0. The minimum absolute atomic E-state index is 0.152. The lowest BCUT2D eigenvalue weighted by Crippen LogP contribution is -2.37. The predicted octanol–water partition coefficient (Wildman–Crippen LogP) is 2.02. The van der Waals surface area contributed by atoms with Crippen molar-refractivity contribution >= 4 is 11.9 Å². The standard InChI is InChI=1S/C14H20O5/c1-8-4-5-12-11(6-17-9(2)15)7-18-14(13(8)12)19-10(3)16/h7-8,12-14H,4-6H2,1-3H3. The van der Waals surface area contributed by atoms with Gasteiger partial charge < -0.3 is 14.2 Å². The molecular formula is C14H20O5. The summed E-state index contributed by atoms with van der Waals surface area (Å²) in [6, 6.07) is 0. The smallest absolute Gasteiger partial charge is 0.305 e. The monoisotopic (exact) mass is 268 g/mol. The summed E-state index contributed by atoms with van der Waals surface area (Å²) in [6.45, 7) is 5.17. The summed E-state index contributed by atoms with van der Waals surface area (Å²) in [5.41, 5.74) is 0.980. The van der Waals surface area contributed by atoms with Gasteiger partial charge in [0.1, 0.15) is 6.61 Å². The van der Waals surface area contributed by atoms with Gasteiger partial charge in [-0.25, -0.2) is 0 Å². The number of fused-ring (bicyclic) bond motifs is 1. The Balaban J connectivity index is 2.10. The maximum absolute atomic E-state index is 11.1. The van der Waals surface area contributed by atoms with Crippen molar-refractivity contribution in [1.82, 2.24) is 0 Å². The minimum Gasteiger partial charge on any atom is -0.462 e. The van der Waals surface area contributed by atoms with Crippen LogP contribution < -0.4 is 0 Å². The highest BCUT2D eigenvalue weighted by Gasteiger charge is 2.45. The van der Waals surface area contributed by atoms with Crippen LogP contribution in [0.25, 0.3) is 0 Å². The van der Waals surface area contributed by atoms with Crippen molar-refractivity contribution < 1.29 is 23.8 Å². The number of hydrogen-bond donors (Lipinski definition) is 0. The van der Waals surface area contributed by atoms with Crippen LogP contribution in [0.2, 0.25) is 0 Å². The molecule has 19 heavy (non-hydrogen) atoms. The lowest BCUT2D eigenvalue weighted by atomic mass is 9.84. The normalized spacial score (nSPS) is 32.9. The van der Waals surface area contributed by atoms with Gasteiger partial charge in [-0.2, -0.15) is 0 Å². The number of esters is 2. The van der Waals surface area contributed by atoms with Crippen LogP contribution in [0.5, 0.6) is 0 Å². The fourth-order valence-corrected chi connectivity index (χ4v) is 3.04. The van der Waals surface area contributed by atoms with E-state index in [4.69, 9.17) is 14.2 Å². The van der Waals surface area contributed by atoms with Gasteiger partial charge in [-0.1, -0.05) is 6.92 Å². The average molecular weight is 268 g/mol. The fourth-order valence-electron chi connectivity index (χ4n) is 3.04. The molecule has 0 amide bonds. The molecule has 0 aromatic carbocycles. The third-order valence-electron chi connectivity index (χ3n) is 3.92. The van der Waals surface area contributed by atoms with Gasteiger partial charge in [-0.05, 0) is 24.7 Å². The van der Waals surface area contributed by atoms with Gasteiger partial charge in [0.05, 0.1) is 6.26 Å². The molecule has 1 aliphatic heterocycles. The predicted molar refractivity (Wildman–Crippen MR) is 66.7 cm³/mol. The van der Waals surface area contributed by atoms with Crippen molar-refractivity contribution in [3.8, 4) is 0 Å². The van der Waals surface area contributed by atoms with Crippen molar-refractivity contribution in [3.63, 3.8) is 0 Å². The Morgan fingerprint density at radius 3 is 2.68 bits per heavy atom. The van der Waals surface area contributed by atoms with Crippen molar-refractivity contribution in [1.29, 1.82) is 0 Å². The zero-order chi connectivity index (χ0) is 14.0. The molecule has 1 heterocycles. The zero-order valence-electron chi connectivity index (χ0n) is 11.5. The number of carbonyl (C=O) groups excluding carboxylic acids is 2. The Labute approximate surface area is 112 Å². The average Bonchev–Trinajstić information content (AvgIpc) is 2.70. The third-order valence-corrected chi connectivity index (χ3v) is 3.92. The van der Waals surface area contributed by atoms with E-state index in [2.05, 4.69) is 6.92 Å². The lowest BCUT2D eigenvalue weighted by molar-refractivity contribution is -0.185. The quantitative estimate of drug-likeness (QED) is 0.733. The number of hydrogen-bond acceptors (Lipinski definition) is 5. The van der Waals surface area contributed by atoms with Gasteiger partial charge in [-0.15, -0.1) is 0 Å². The Morgan fingerprint density at radius 1 is 1.32 bits per heavy atom. The topological polar surface area (TPSA) is 61.8 Å². The van der Waals surface area contributed by atoms with Crippen LogP contribution in [0.4, 0.5) is 0 Å². The SMILES string of the molecule is CC(=O)OCC1=COC(OC(C)=O)C2C(C)CCC12. The van der Waals surface area contributed by atoms with Crippen molar-refractivity contribution in [2.24, 2.45) is 17.8 Å². The molecule has 0 saturated heterocycles. The van der Waals surface area contributed by atoms with Crippen LogP contribution in [0, 0.1) is 17.8 Å². The van der Waals surface area contributed by atoms with Crippen LogP contribution in [-0.2, 0) is 23.8 Å².